The standard InChI is InChI=1S/C23H29NO5.C2H2O4/c1-3-18(19-9-11-22(12-10-19)29-16-23(26)27)13-17(2)24-14-20(25)15-28-21-7-5-4-6-8-21;3-1(4)2(5)6/h3-12,17,20,24-25H,13-16H2,1-2H3,(H,26,27);(H,3,4)(H,5,6)/b18-3+;. The van der Waals surface area contributed by atoms with E-state index in [4.69, 9.17) is 34.4 Å². The van der Waals surface area contributed by atoms with Gasteiger partial charge >= 0.3 is 17.9 Å². The normalized spacial score (nSPS) is 12.5. The molecule has 0 fully saturated rings. The van der Waals surface area contributed by atoms with E-state index in [0.717, 1.165) is 23.3 Å². The number of allylic oxidation sites excluding steroid dienone is 1. The third-order valence-electron chi connectivity index (χ3n) is 4.53. The van der Waals surface area contributed by atoms with E-state index in [2.05, 4.69) is 18.3 Å². The number of carbonyl (C=O) groups is 3. The largest absolute Gasteiger partial charge is 0.491 e. The van der Waals surface area contributed by atoms with Crippen molar-refractivity contribution in [1.82, 2.24) is 5.32 Å². The van der Waals surface area contributed by atoms with Gasteiger partial charge in [-0.25, -0.2) is 14.4 Å². The molecule has 5 N–H and O–H groups in total. The number of carboxylic acid groups (broad SMARTS) is 3. The first-order valence-corrected chi connectivity index (χ1v) is 10.8. The highest BCUT2D eigenvalue weighted by atomic mass is 16.5. The molecule has 0 aliphatic carbocycles. The van der Waals surface area contributed by atoms with Gasteiger partial charge in [0.2, 0.25) is 0 Å². The van der Waals surface area contributed by atoms with Crippen molar-refractivity contribution in [2.45, 2.75) is 32.4 Å². The van der Waals surface area contributed by atoms with Gasteiger partial charge in [-0.15, -0.1) is 0 Å². The van der Waals surface area contributed by atoms with Crippen LogP contribution in [0.5, 0.6) is 11.5 Å². The molecule has 2 atom stereocenters. The second kappa shape index (κ2) is 15.9. The Hall–Kier alpha value is -3.89. The Morgan fingerprint density at radius 3 is 2.00 bits per heavy atom. The fourth-order valence-corrected chi connectivity index (χ4v) is 2.82. The second-order valence-electron chi connectivity index (χ2n) is 7.42. The van der Waals surface area contributed by atoms with Gasteiger partial charge in [-0.2, -0.15) is 0 Å². The topological polar surface area (TPSA) is 163 Å². The number of hydrogen-bond acceptors (Lipinski definition) is 7. The monoisotopic (exact) mass is 489 g/mol. The highest BCUT2D eigenvalue weighted by Crippen LogP contribution is 2.22. The van der Waals surface area contributed by atoms with Gasteiger partial charge in [-0.3, -0.25) is 0 Å². The van der Waals surface area contributed by atoms with E-state index in [1.54, 1.807) is 12.1 Å². The third kappa shape index (κ3) is 12.8. The van der Waals surface area contributed by atoms with Gasteiger partial charge in [-0.05, 0) is 55.7 Å². The summed E-state index contributed by atoms with van der Waals surface area (Å²) >= 11 is 0. The van der Waals surface area contributed by atoms with Crippen molar-refractivity contribution in [1.29, 1.82) is 0 Å². The lowest BCUT2D eigenvalue weighted by Crippen LogP contribution is -2.36. The molecule has 190 valence electrons. The minimum Gasteiger partial charge on any atom is -0.491 e. The Balaban J connectivity index is 0.000000905. The van der Waals surface area contributed by atoms with Crippen molar-refractivity contribution in [3.05, 3.63) is 66.2 Å². The van der Waals surface area contributed by atoms with Crippen LogP contribution < -0.4 is 14.8 Å². The summed E-state index contributed by atoms with van der Waals surface area (Å²) in [6, 6.07) is 17.0. The van der Waals surface area contributed by atoms with Crippen molar-refractivity contribution in [3.63, 3.8) is 0 Å². The summed E-state index contributed by atoms with van der Waals surface area (Å²) in [5, 5.41) is 36.9. The second-order valence-corrected chi connectivity index (χ2v) is 7.42. The molecule has 2 aromatic carbocycles. The molecule has 2 rings (SSSR count). The van der Waals surface area contributed by atoms with Crippen LogP contribution in [0.4, 0.5) is 0 Å². The number of para-hydroxylation sites is 1. The molecule has 0 bridgehead atoms. The number of aliphatic carboxylic acids is 3. The number of ether oxygens (including phenoxy) is 2. The maximum atomic E-state index is 10.6. The summed E-state index contributed by atoms with van der Waals surface area (Å²) in [4.78, 5) is 28.8. The number of rotatable bonds is 12. The molecule has 0 saturated heterocycles. The van der Waals surface area contributed by atoms with E-state index in [1.807, 2.05) is 49.4 Å². The van der Waals surface area contributed by atoms with E-state index in [-0.39, 0.29) is 19.3 Å². The average molecular weight is 490 g/mol. The molecular formula is C25H31NO9. The predicted octanol–water partition coefficient (Wildman–Crippen LogP) is 2.52. The molecule has 35 heavy (non-hydrogen) atoms. The molecular weight excluding hydrogens is 458 g/mol. The molecule has 10 heteroatoms. The average Bonchev–Trinajstić information content (AvgIpc) is 2.84. The molecule has 0 spiro atoms. The van der Waals surface area contributed by atoms with Crippen molar-refractivity contribution in [3.8, 4) is 11.5 Å². The highest BCUT2D eigenvalue weighted by Gasteiger charge is 2.11. The number of hydrogen-bond donors (Lipinski definition) is 5. The van der Waals surface area contributed by atoms with Crippen LogP contribution in [0.25, 0.3) is 5.57 Å². The van der Waals surface area contributed by atoms with Crippen LogP contribution in [-0.2, 0) is 14.4 Å². The zero-order valence-corrected chi connectivity index (χ0v) is 19.6. The van der Waals surface area contributed by atoms with Crippen LogP contribution in [0.3, 0.4) is 0 Å². The number of carboxylic acids is 3. The molecule has 0 aliphatic heterocycles. The Bertz CT molecular complexity index is 947. The van der Waals surface area contributed by atoms with E-state index in [9.17, 15) is 9.90 Å². The summed E-state index contributed by atoms with van der Waals surface area (Å²) in [7, 11) is 0. The van der Waals surface area contributed by atoms with Crippen molar-refractivity contribution in [2.24, 2.45) is 0 Å². The van der Waals surface area contributed by atoms with Crippen LogP contribution >= 0.6 is 0 Å². The lowest BCUT2D eigenvalue weighted by Gasteiger charge is -2.19. The van der Waals surface area contributed by atoms with E-state index in [1.165, 1.54) is 0 Å². The quantitative estimate of drug-likeness (QED) is 0.280. The van der Waals surface area contributed by atoms with Crippen LogP contribution in [0.2, 0.25) is 0 Å². The van der Waals surface area contributed by atoms with Gasteiger partial charge < -0.3 is 35.2 Å². The zero-order valence-electron chi connectivity index (χ0n) is 19.6. The number of nitrogens with one attached hydrogen (secondary N) is 1. The van der Waals surface area contributed by atoms with Gasteiger partial charge in [-0.1, -0.05) is 36.4 Å². The maximum Gasteiger partial charge on any atom is 0.414 e. The lowest BCUT2D eigenvalue weighted by molar-refractivity contribution is -0.159. The molecule has 0 aromatic heterocycles. The molecule has 0 heterocycles. The summed E-state index contributed by atoms with van der Waals surface area (Å²) in [6.45, 7) is 4.37. The Labute approximate surface area is 203 Å². The van der Waals surface area contributed by atoms with Gasteiger partial charge in [0.05, 0.1) is 0 Å². The van der Waals surface area contributed by atoms with Crippen LogP contribution in [0.15, 0.2) is 60.7 Å². The Morgan fingerprint density at radius 1 is 0.914 bits per heavy atom. The van der Waals surface area contributed by atoms with E-state index >= 15 is 0 Å². The maximum absolute atomic E-state index is 10.6. The van der Waals surface area contributed by atoms with Crippen LogP contribution in [0, 0.1) is 0 Å². The highest BCUT2D eigenvalue weighted by molar-refractivity contribution is 6.27. The SMILES string of the molecule is C/C=C(\CC(C)NCC(O)COc1ccccc1)c1ccc(OCC(=O)O)cc1.O=C(O)C(=O)O. The molecule has 0 radical (unpaired) electrons. The molecule has 2 unspecified atom stereocenters. The Morgan fingerprint density at radius 2 is 1.49 bits per heavy atom. The van der Waals surface area contributed by atoms with Crippen LogP contribution in [-0.4, -0.2) is 70.2 Å². The summed E-state index contributed by atoms with van der Waals surface area (Å²) in [6.07, 6.45) is 2.25. The van der Waals surface area contributed by atoms with E-state index < -0.39 is 24.0 Å². The molecule has 0 saturated carbocycles. The number of aliphatic hydroxyl groups excluding tert-OH is 1. The van der Waals surface area contributed by atoms with Gasteiger partial charge in [0.1, 0.15) is 24.2 Å². The smallest absolute Gasteiger partial charge is 0.414 e. The van der Waals surface area contributed by atoms with E-state index in [0.29, 0.717) is 12.3 Å². The van der Waals surface area contributed by atoms with Gasteiger partial charge in [0.15, 0.2) is 6.61 Å². The third-order valence-corrected chi connectivity index (χ3v) is 4.53. The summed E-state index contributed by atoms with van der Waals surface area (Å²) in [5.74, 6) is -3.38. The zero-order chi connectivity index (χ0) is 26.2. The number of aliphatic hydroxyl groups is 1. The van der Waals surface area contributed by atoms with Crippen LogP contribution in [0.1, 0.15) is 25.8 Å². The fraction of sp³-hybridized carbons (Fsp3) is 0.320. The Kier molecular flexibility index (Phi) is 13.2. The first kappa shape index (κ1) is 29.1. The molecule has 2 aromatic rings. The van der Waals surface area contributed by atoms with Gasteiger partial charge in [0, 0.05) is 12.6 Å². The van der Waals surface area contributed by atoms with Crippen molar-refractivity contribution < 1.29 is 44.3 Å². The minimum atomic E-state index is -1.82. The van der Waals surface area contributed by atoms with Crippen molar-refractivity contribution in [2.75, 3.05) is 19.8 Å². The molecule has 10 nitrogen and oxygen atoms in total. The number of benzene rings is 2. The molecule has 0 amide bonds. The molecule has 0 aliphatic rings. The fourth-order valence-electron chi connectivity index (χ4n) is 2.82. The first-order chi connectivity index (χ1) is 16.6. The minimum absolute atomic E-state index is 0.163. The first-order valence-electron chi connectivity index (χ1n) is 10.8. The summed E-state index contributed by atoms with van der Waals surface area (Å²) < 4.78 is 10.7. The van der Waals surface area contributed by atoms with Crippen molar-refractivity contribution >= 4 is 23.5 Å². The van der Waals surface area contributed by atoms with Gasteiger partial charge in [0.25, 0.3) is 0 Å². The lowest BCUT2D eigenvalue weighted by atomic mass is 9.99. The predicted molar refractivity (Wildman–Crippen MR) is 129 cm³/mol. The summed E-state index contributed by atoms with van der Waals surface area (Å²) in [5.41, 5.74) is 2.21.